The third kappa shape index (κ3) is 3.21. The summed E-state index contributed by atoms with van der Waals surface area (Å²) in [5.74, 6) is 0.374. The van der Waals surface area contributed by atoms with Crippen molar-refractivity contribution in [3.05, 3.63) is 34.3 Å². The lowest BCUT2D eigenvalue weighted by atomic mass is 9.82. The molecule has 1 aliphatic rings. The lowest BCUT2D eigenvalue weighted by Crippen LogP contribution is -2.31. The van der Waals surface area contributed by atoms with Gasteiger partial charge in [-0.2, -0.15) is 0 Å². The fraction of sp³-hybridized carbons (Fsp3) is 0.462. The number of ketones is 1. The number of halogens is 2. The molecule has 0 heterocycles. The van der Waals surface area contributed by atoms with E-state index in [4.69, 9.17) is 11.6 Å². The minimum Gasteiger partial charge on any atom is -0.309 e. The zero-order chi connectivity index (χ0) is 11.7. The van der Waals surface area contributed by atoms with E-state index in [9.17, 15) is 4.79 Å². The summed E-state index contributed by atoms with van der Waals surface area (Å²) in [5.41, 5.74) is 1.97. The van der Waals surface area contributed by atoms with Gasteiger partial charge in [0.05, 0.1) is 0 Å². The first-order valence-corrected chi connectivity index (χ1v) is 5.93. The number of benzene rings is 1. The van der Waals surface area contributed by atoms with Gasteiger partial charge in [0.15, 0.2) is 5.78 Å². The van der Waals surface area contributed by atoms with E-state index in [0.29, 0.717) is 5.02 Å². The van der Waals surface area contributed by atoms with E-state index in [1.807, 2.05) is 26.2 Å². The van der Waals surface area contributed by atoms with Gasteiger partial charge in [-0.3, -0.25) is 4.79 Å². The molecule has 0 fully saturated rings. The Morgan fingerprint density at radius 3 is 2.76 bits per heavy atom. The van der Waals surface area contributed by atoms with Gasteiger partial charge in [-0.05, 0) is 44.6 Å². The number of nitrogens with zero attached hydrogens (tertiary/aromatic N) is 1. The molecule has 0 aliphatic heterocycles. The van der Waals surface area contributed by atoms with E-state index in [2.05, 4.69) is 4.90 Å². The van der Waals surface area contributed by atoms with E-state index in [0.717, 1.165) is 30.5 Å². The number of hydrogen-bond acceptors (Lipinski definition) is 2. The van der Waals surface area contributed by atoms with Gasteiger partial charge in [0.25, 0.3) is 0 Å². The molecule has 1 aromatic rings. The van der Waals surface area contributed by atoms with Gasteiger partial charge < -0.3 is 4.90 Å². The molecule has 17 heavy (non-hydrogen) atoms. The zero-order valence-electron chi connectivity index (χ0n) is 10.1. The summed E-state index contributed by atoms with van der Waals surface area (Å²) < 4.78 is 0. The van der Waals surface area contributed by atoms with Crippen LogP contribution >= 0.6 is 24.0 Å². The molecule has 0 radical (unpaired) electrons. The standard InChI is InChI=1S/C13H16ClNO.ClH/c1-15(2)8-10-4-3-9-5-6-11(14)7-12(9)13(10)16;/h5-7,10H,3-4,8H2,1-2H3;1H. The molecule has 0 N–H and O–H groups in total. The van der Waals surface area contributed by atoms with E-state index < -0.39 is 0 Å². The van der Waals surface area contributed by atoms with Gasteiger partial charge in [-0.15, -0.1) is 12.4 Å². The van der Waals surface area contributed by atoms with Gasteiger partial charge in [0, 0.05) is 23.0 Å². The van der Waals surface area contributed by atoms with Gasteiger partial charge in [-0.25, -0.2) is 0 Å². The molecule has 1 aliphatic carbocycles. The number of carbonyl (C=O) groups is 1. The predicted octanol–water partition coefficient (Wildman–Crippen LogP) is 3.07. The van der Waals surface area contributed by atoms with Crippen LogP contribution in [0.5, 0.6) is 0 Å². The first-order valence-electron chi connectivity index (χ1n) is 5.55. The van der Waals surface area contributed by atoms with Crippen LogP contribution in [0.25, 0.3) is 0 Å². The second-order valence-electron chi connectivity index (χ2n) is 4.66. The predicted molar refractivity (Wildman–Crippen MR) is 73.4 cm³/mol. The van der Waals surface area contributed by atoms with Crippen molar-refractivity contribution >= 4 is 29.8 Å². The lowest BCUT2D eigenvalue weighted by molar-refractivity contribution is 0.0877. The number of carbonyl (C=O) groups excluding carboxylic acids is 1. The lowest BCUT2D eigenvalue weighted by Gasteiger charge is -2.25. The van der Waals surface area contributed by atoms with E-state index in [-0.39, 0.29) is 24.1 Å². The van der Waals surface area contributed by atoms with Crippen LogP contribution < -0.4 is 0 Å². The molecular weight excluding hydrogens is 257 g/mol. The van der Waals surface area contributed by atoms with Gasteiger partial charge >= 0.3 is 0 Å². The van der Waals surface area contributed by atoms with Crippen molar-refractivity contribution in [1.82, 2.24) is 4.90 Å². The number of hydrogen-bond donors (Lipinski definition) is 0. The summed E-state index contributed by atoms with van der Waals surface area (Å²) >= 11 is 5.93. The number of aryl methyl sites for hydroxylation is 1. The summed E-state index contributed by atoms with van der Waals surface area (Å²) in [6.45, 7) is 0.824. The largest absolute Gasteiger partial charge is 0.309 e. The van der Waals surface area contributed by atoms with Crippen LogP contribution in [0.2, 0.25) is 5.02 Å². The highest BCUT2D eigenvalue weighted by atomic mass is 35.5. The Kier molecular flexibility index (Phi) is 4.99. The monoisotopic (exact) mass is 273 g/mol. The first-order chi connectivity index (χ1) is 7.58. The van der Waals surface area contributed by atoms with Crippen molar-refractivity contribution in [2.45, 2.75) is 12.8 Å². The summed E-state index contributed by atoms with van der Waals surface area (Å²) in [4.78, 5) is 14.3. The van der Waals surface area contributed by atoms with Crippen molar-refractivity contribution in [3.63, 3.8) is 0 Å². The van der Waals surface area contributed by atoms with Crippen molar-refractivity contribution in [3.8, 4) is 0 Å². The van der Waals surface area contributed by atoms with E-state index in [1.165, 1.54) is 0 Å². The molecular formula is C13H17Cl2NO. The summed E-state index contributed by atoms with van der Waals surface area (Å²) in [6.07, 6.45) is 1.93. The highest BCUT2D eigenvalue weighted by Gasteiger charge is 2.27. The maximum absolute atomic E-state index is 12.2. The molecule has 0 bridgehead atoms. The average Bonchev–Trinajstić information content (AvgIpc) is 2.22. The van der Waals surface area contributed by atoms with Crippen LogP contribution in [-0.4, -0.2) is 31.3 Å². The molecule has 1 atom stereocenters. The molecule has 1 unspecified atom stereocenters. The van der Waals surface area contributed by atoms with Crippen LogP contribution in [-0.2, 0) is 6.42 Å². The normalized spacial score (nSPS) is 18.8. The fourth-order valence-electron chi connectivity index (χ4n) is 2.29. The van der Waals surface area contributed by atoms with Gasteiger partial charge in [0.1, 0.15) is 0 Å². The molecule has 4 heteroatoms. The number of fused-ring (bicyclic) bond motifs is 1. The van der Waals surface area contributed by atoms with Crippen LogP contribution in [0.1, 0.15) is 22.3 Å². The quantitative estimate of drug-likeness (QED) is 0.826. The minimum atomic E-state index is 0. The third-order valence-corrected chi connectivity index (χ3v) is 3.29. The summed E-state index contributed by atoms with van der Waals surface area (Å²) in [6, 6.07) is 5.64. The van der Waals surface area contributed by atoms with Crippen LogP contribution in [0.4, 0.5) is 0 Å². The van der Waals surface area contributed by atoms with E-state index >= 15 is 0 Å². The first kappa shape index (κ1) is 14.5. The van der Waals surface area contributed by atoms with E-state index in [1.54, 1.807) is 6.07 Å². The Morgan fingerprint density at radius 1 is 1.41 bits per heavy atom. The number of rotatable bonds is 2. The zero-order valence-corrected chi connectivity index (χ0v) is 11.6. The van der Waals surface area contributed by atoms with Gasteiger partial charge in [-0.1, -0.05) is 17.7 Å². The third-order valence-electron chi connectivity index (χ3n) is 3.06. The van der Waals surface area contributed by atoms with Crippen molar-refractivity contribution in [1.29, 1.82) is 0 Å². The Morgan fingerprint density at radius 2 is 2.12 bits per heavy atom. The maximum atomic E-state index is 12.2. The van der Waals surface area contributed by atoms with Crippen molar-refractivity contribution in [2.75, 3.05) is 20.6 Å². The number of Topliss-reactive ketones (excluding diaryl/α,β-unsaturated/α-hetero) is 1. The highest BCUT2D eigenvalue weighted by Crippen LogP contribution is 2.28. The Balaban J connectivity index is 0.00000144. The molecule has 0 aromatic heterocycles. The molecule has 0 saturated carbocycles. The van der Waals surface area contributed by atoms with Gasteiger partial charge in [0.2, 0.25) is 0 Å². The smallest absolute Gasteiger partial charge is 0.167 e. The van der Waals surface area contributed by atoms with Crippen LogP contribution in [0, 0.1) is 5.92 Å². The molecule has 94 valence electrons. The Labute approximate surface area is 113 Å². The topological polar surface area (TPSA) is 20.3 Å². The fourth-order valence-corrected chi connectivity index (χ4v) is 2.46. The molecule has 2 rings (SSSR count). The minimum absolute atomic E-state index is 0. The molecule has 0 saturated heterocycles. The summed E-state index contributed by atoms with van der Waals surface area (Å²) in [5, 5.41) is 0.651. The molecule has 0 spiro atoms. The average molecular weight is 274 g/mol. The summed E-state index contributed by atoms with van der Waals surface area (Å²) in [7, 11) is 4.00. The highest BCUT2D eigenvalue weighted by molar-refractivity contribution is 6.31. The van der Waals surface area contributed by atoms with Crippen LogP contribution in [0.15, 0.2) is 18.2 Å². The SMILES string of the molecule is CN(C)CC1CCc2ccc(Cl)cc2C1=O.Cl. The van der Waals surface area contributed by atoms with Crippen molar-refractivity contribution in [2.24, 2.45) is 5.92 Å². The Bertz CT molecular complexity index is 418. The molecule has 2 nitrogen and oxygen atoms in total. The molecule has 0 amide bonds. The second kappa shape index (κ2) is 5.85. The Hall–Kier alpha value is -0.570. The van der Waals surface area contributed by atoms with Crippen molar-refractivity contribution < 1.29 is 4.79 Å². The second-order valence-corrected chi connectivity index (χ2v) is 5.10. The maximum Gasteiger partial charge on any atom is 0.167 e. The van der Waals surface area contributed by atoms with Crippen LogP contribution in [0.3, 0.4) is 0 Å². The molecule has 1 aromatic carbocycles.